The van der Waals surface area contributed by atoms with Crippen LogP contribution in [0.5, 0.6) is 0 Å². The summed E-state index contributed by atoms with van der Waals surface area (Å²) in [5.74, 6) is -0.407. The molecule has 0 aliphatic rings. The first-order valence-electron chi connectivity index (χ1n) is 6.53. The van der Waals surface area contributed by atoms with Gasteiger partial charge in [0.1, 0.15) is 11.7 Å². The highest BCUT2D eigenvalue weighted by Gasteiger charge is 2.25. The fraction of sp³-hybridized carbons (Fsp3) is 0.462. The SMILES string of the molecule is COC(=O)[C@@H](CC(C)C)Nc1ccc([N+](=O)[O-])cc1[N+](=O)[O-]. The number of methoxy groups -OCH3 is 1. The second kappa shape index (κ2) is 7.34. The van der Waals surface area contributed by atoms with Crippen molar-refractivity contribution < 1.29 is 19.4 Å². The standard InChI is InChI=1S/C13H17N3O6/c1-8(2)6-11(13(17)22-3)14-10-5-4-9(15(18)19)7-12(10)16(20)21/h4-5,7-8,11,14H,6H2,1-3H3/t11-/m1/s1. The third-order valence-electron chi connectivity index (χ3n) is 2.91. The minimum Gasteiger partial charge on any atom is -0.467 e. The lowest BCUT2D eigenvalue weighted by Crippen LogP contribution is -2.32. The molecule has 0 saturated carbocycles. The molecule has 9 nitrogen and oxygen atoms in total. The Balaban J connectivity index is 3.15. The summed E-state index contributed by atoms with van der Waals surface area (Å²) in [6.45, 7) is 3.78. The number of nitro groups is 2. The molecule has 0 aromatic heterocycles. The van der Waals surface area contributed by atoms with E-state index in [1.807, 2.05) is 13.8 Å². The maximum absolute atomic E-state index is 11.7. The van der Waals surface area contributed by atoms with Crippen LogP contribution < -0.4 is 5.32 Å². The first-order chi connectivity index (χ1) is 10.3. The number of rotatable bonds is 7. The van der Waals surface area contributed by atoms with Crippen molar-refractivity contribution in [2.75, 3.05) is 12.4 Å². The second-order valence-corrected chi connectivity index (χ2v) is 5.07. The highest BCUT2D eigenvalue weighted by atomic mass is 16.6. The molecule has 1 aromatic carbocycles. The molecule has 0 unspecified atom stereocenters. The lowest BCUT2D eigenvalue weighted by atomic mass is 10.0. The van der Waals surface area contributed by atoms with E-state index >= 15 is 0 Å². The van der Waals surface area contributed by atoms with Gasteiger partial charge in [-0.05, 0) is 18.4 Å². The van der Waals surface area contributed by atoms with Crippen LogP contribution in [0, 0.1) is 26.1 Å². The average Bonchev–Trinajstić information content (AvgIpc) is 2.45. The summed E-state index contributed by atoms with van der Waals surface area (Å²) in [7, 11) is 1.22. The highest BCUT2D eigenvalue weighted by molar-refractivity contribution is 5.81. The van der Waals surface area contributed by atoms with Gasteiger partial charge in [0, 0.05) is 6.07 Å². The molecule has 0 spiro atoms. The average molecular weight is 311 g/mol. The largest absolute Gasteiger partial charge is 0.467 e. The van der Waals surface area contributed by atoms with Crippen LogP contribution in [-0.4, -0.2) is 29.0 Å². The number of anilines is 1. The number of non-ortho nitro benzene ring substituents is 1. The fourth-order valence-electron chi connectivity index (χ4n) is 1.92. The Morgan fingerprint density at radius 3 is 2.36 bits per heavy atom. The summed E-state index contributed by atoms with van der Waals surface area (Å²) >= 11 is 0. The number of ether oxygens (including phenoxy) is 1. The van der Waals surface area contributed by atoms with Crippen molar-refractivity contribution in [2.24, 2.45) is 5.92 Å². The summed E-state index contributed by atoms with van der Waals surface area (Å²) in [6.07, 6.45) is 0.404. The first kappa shape index (κ1) is 17.3. The van der Waals surface area contributed by atoms with Crippen LogP contribution >= 0.6 is 0 Å². The monoisotopic (exact) mass is 311 g/mol. The van der Waals surface area contributed by atoms with Crippen molar-refractivity contribution in [1.29, 1.82) is 0 Å². The van der Waals surface area contributed by atoms with Gasteiger partial charge in [0.15, 0.2) is 0 Å². The van der Waals surface area contributed by atoms with Crippen LogP contribution in [-0.2, 0) is 9.53 Å². The van der Waals surface area contributed by atoms with Crippen LogP contribution in [0.4, 0.5) is 17.1 Å². The lowest BCUT2D eigenvalue weighted by molar-refractivity contribution is -0.393. The third-order valence-corrected chi connectivity index (χ3v) is 2.91. The van der Waals surface area contributed by atoms with E-state index in [4.69, 9.17) is 0 Å². The fourth-order valence-corrected chi connectivity index (χ4v) is 1.92. The summed E-state index contributed by atoms with van der Waals surface area (Å²) in [5.41, 5.74) is -0.825. The number of carbonyl (C=O) groups excluding carboxylic acids is 1. The molecule has 0 heterocycles. The van der Waals surface area contributed by atoms with E-state index in [9.17, 15) is 25.0 Å². The van der Waals surface area contributed by atoms with Gasteiger partial charge < -0.3 is 10.1 Å². The van der Waals surface area contributed by atoms with Crippen LogP contribution in [0.1, 0.15) is 20.3 Å². The maximum Gasteiger partial charge on any atom is 0.328 e. The molecule has 0 radical (unpaired) electrons. The molecule has 0 amide bonds. The molecule has 0 bridgehead atoms. The molecule has 1 N–H and O–H groups in total. The predicted molar refractivity (Wildman–Crippen MR) is 78.6 cm³/mol. The quantitative estimate of drug-likeness (QED) is 0.466. The van der Waals surface area contributed by atoms with Gasteiger partial charge in [-0.2, -0.15) is 0 Å². The number of benzene rings is 1. The summed E-state index contributed by atoms with van der Waals surface area (Å²) < 4.78 is 4.67. The van der Waals surface area contributed by atoms with Crippen molar-refractivity contribution in [2.45, 2.75) is 26.3 Å². The third kappa shape index (κ3) is 4.40. The summed E-state index contributed by atoms with van der Waals surface area (Å²) in [5, 5.41) is 24.5. The first-order valence-corrected chi connectivity index (χ1v) is 6.53. The molecule has 120 valence electrons. The van der Waals surface area contributed by atoms with Gasteiger partial charge in [-0.25, -0.2) is 4.79 Å². The Morgan fingerprint density at radius 1 is 1.27 bits per heavy atom. The number of nitrogens with zero attached hydrogens (tertiary/aromatic N) is 2. The zero-order chi connectivity index (χ0) is 16.9. The topological polar surface area (TPSA) is 125 Å². The second-order valence-electron chi connectivity index (χ2n) is 5.07. The molecule has 1 aromatic rings. The number of nitro benzene ring substituents is 2. The van der Waals surface area contributed by atoms with Gasteiger partial charge in [0.05, 0.1) is 23.0 Å². The van der Waals surface area contributed by atoms with Gasteiger partial charge >= 0.3 is 5.97 Å². The van der Waals surface area contributed by atoms with Gasteiger partial charge in [-0.15, -0.1) is 0 Å². The van der Waals surface area contributed by atoms with Crippen molar-refractivity contribution in [3.8, 4) is 0 Å². The molecule has 0 saturated heterocycles. The Bertz CT molecular complexity index is 587. The normalized spacial score (nSPS) is 11.8. The number of nitrogens with one attached hydrogen (secondary N) is 1. The summed E-state index contributed by atoms with van der Waals surface area (Å²) in [4.78, 5) is 32.1. The zero-order valence-corrected chi connectivity index (χ0v) is 12.4. The van der Waals surface area contributed by atoms with Gasteiger partial charge in [-0.3, -0.25) is 20.2 Å². The van der Waals surface area contributed by atoms with Crippen LogP contribution in [0.25, 0.3) is 0 Å². The maximum atomic E-state index is 11.7. The number of hydrogen-bond acceptors (Lipinski definition) is 7. The summed E-state index contributed by atoms with van der Waals surface area (Å²) in [6, 6.07) is 2.43. The van der Waals surface area contributed by atoms with Crippen LogP contribution in [0.3, 0.4) is 0 Å². The Kier molecular flexibility index (Phi) is 5.79. The zero-order valence-electron chi connectivity index (χ0n) is 12.4. The van der Waals surface area contributed by atoms with Gasteiger partial charge in [0.25, 0.3) is 11.4 Å². The Morgan fingerprint density at radius 2 is 1.91 bits per heavy atom. The smallest absolute Gasteiger partial charge is 0.328 e. The number of esters is 1. The Hall–Kier alpha value is -2.71. The molecule has 0 aliphatic heterocycles. The van der Waals surface area contributed by atoms with Gasteiger partial charge in [0.2, 0.25) is 0 Å². The van der Waals surface area contributed by atoms with Crippen LogP contribution in [0.2, 0.25) is 0 Å². The highest BCUT2D eigenvalue weighted by Crippen LogP contribution is 2.30. The van der Waals surface area contributed by atoms with E-state index in [-0.39, 0.29) is 11.6 Å². The molecule has 22 heavy (non-hydrogen) atoms. The van der Waals surface area contributed by atoms with Crippen molar-refractivity contribution in [1.82, 2.24) is 0 Å². The Labute approximate surface area is 126 Å². The number of carbonyl (C=O) groups is 1. The van der Waals surface area contributed by atoms with E-state index in [1.165, 1.54) is 13.2 Å². The minimum atomic E-state index is -0.773. The minimum absolute atomic E-state index is 0.0339. The number of hydrogen-bond donors (Lipinski definition) is 1. The van der Waals surface area contributed by atoms with E-state index in [2.05, 4.69) is 10.1 Å². The van der Waals surface area contributed by atoms with Crippen molar-refractivity contribution in [3.05, 3.63) is 38.4 Å². The molecule has 0 aliphatic carbocycles. The predicted octanol–water partition coefficient (Wildman–Crippen LogP) is 2.50. The van der Waals surface area contributed by atoms with E-state index < -0.39 is 33.2 Å². The lowest BCUT2D eigenvalue weighted by Gasteiger charge is -2.19. The van der Waals surface area contributed by atoms with Gasteiger partial charge in [-0.1, -0.05) is 13.8 Å². The van der Waals surface area contributed by atoms with E-state index in [0.29, 0.717) is 6.42 Å². The van der Waals surface area contributed by atoms with E-state index in [1.54, 1.807) is 0 Å². The molecule has 1 rings (SSSR count). The van der Waals surface area contributed by atoms with Crippen molar-refractivity contribution in [3.63, 3.8) is 0 Å². The molecule has 0 fully saturated rings. The van der Waals surface area contributed by atoms with E-state index in [0.717, 1.165) is 12.1 Å². The molecule has 1 atom stereocenters. The molecular formula is C13H17N3O6. The van der Waals surface area contributed by atoms with Crippen molar-refractivity contribution >= 4 is 23.0 Å². The molecule has 9 heteroatoms. The van der Waals surface area contributed by atoms with Crippen LogP contribution in [0.15, 0.2) is 18.2 Å². The molecular weight excluding hydrogens is 294 g/mol.